The van der Waals surface area contributed by atoms with Crippen molar-refractivity contribution in [3.05, 3.63) is 47.3 Å². The van der Waals surface area contributed by atoms with Crippen molar-refractivity contribution in [2.75, 3.05) is 12.4 Å². The normalized spacial score (nSPS) is 14.6. The van der Waals surface area contributed by atoms with Gasteiger partial charge < -0.3 is 10.1 Å². The summed E-state index contributed by atoms with van der Waals surface area (Å²) in [5, 5.41) is 15.6. The molecule has 9 heteroatoms. The van der Waals surface area contributed by atoms with Gasteiger partial charge in [0.05, 0.1) is 12.7 Å². The van der Waals surface area contributed by atoms with Crippen LogP contribution in [0.25, 0.3) is 5.65 Å². The number of hydrogen-bond donors (Lipinski definition) is 1. The molecule has 1 N–H and O–H groups in total. The van der Waals surface area contributed by atoms with Crippen LogP contribution in [0.3, 0.4) is 0 Å². The van der Waals surface area contributed by atoms with Crippen molar-refractivity contribution in [1.29, 1.82) is 0 Å². The molecule has 26 heavy (non-hydrogen) atoms. The number of ether oxygens (including phenoxy) is 1. The van der Waals surface area contributed by atoms with Crippen LogP contribution in [0.2, 0.25) is 0 Å². The van der Waals surface area contributed by atoms with Crippen molar-refractivity contribution in [2.24, 2.45) is 0 Å². The Morgan fingerprint density at radius 3 is 2.69 bits per heavy atom. The van der Waals surface area contributed by atoms with Crippen LogP contribution in [0.1, 0.15) is 35.7 Å². The Labute approximate surface area is 147 Å². The first-order valence-electron chi connectivity index (χ1n) is 8.16. The lowest BCUT2D eigenvalue weighted by molar-refractivity contribution is -0.138. The summed E-state index contributed by atoms with van der Waals surface area (Å²) in [6, 6.07) is 7.33. The van der Waals surface area contributed by atoms with Gasteiger partial charge in [-0.15, -0.1) is 15.3 Å². The minimum atomic E-state index is -4.46. The van der Waals surface area contributed by atoms with E-state index in [1.165, 1.54) is 19.2 Å². The van der Waals surface area contributed by atoms with E-state index in [-0.39, 0.29) is 17.9 Å². The molecule has 0 radical (unpaired) electrons. The van der Waals surface area contributed by atoms with E-state index in [0.29, 0.717) is 17.4 Å². The highest BCUT2D eigenvalue weighted by Crippen LogP contribution is 2.39. The second-order valence-electron chi connectivity index (χ2n) is 6.20. The van der Waals surface area contributed by atoms with Crippen molar-refractivity contribution in [1.82, 2.24) is 19.8 Å². The van der Waals surface area contributed by atoms with Crippen LogP contribution in [0.4, 0.5) is 19.0 Å². The van der Waals surface area contributed by atoms with E-state index in [4.69, 9.17) is 4.74 Å². The number of halogens is 3. The lowest BCUT2D eigenvalue weighted by atomic mass is 10.1. The zero-order chi connectivity index (χ0) is 18.3. The average molecular weight is 363 g/mol. The first-order chi connectivity index (χ1) is 12.5. The molecule has 0 bridgehead atoms. The molecule has 1 fully saturated rings. The summed E-state index contributed by atoms with van der Waals surface area (Å²) < 4.78 is 46.4. The zero-order valence-electron chi connectivity index (χ0n) is 13.9. The maximum atomic E-state index is 13.3. The Balaban J connectivity index is 1.59. The van der Waals surface area contributed by atoms with Crippen LogP contribution in [-0.2, 0) is 12.7 Å². The van der Waals surface area contributed by atoms with E-state index < -0.39 is 11.7 Å². The maximum absolute atomic E-state index is 13.3. The zero-order valence-corrected chi connectivity index (χ0v) is 13.9. The van der Waals surface area contributed by atoms with Gasteiger partial charge in [-0.3, -0.25) is 0 Å². The SMILES string of the molecule is COc1ccc(CNc2ccc3nnc(C4CC4)n3n2)c(C(F)(F)F)c1. The number of benzene rings is 1. The lowest BCUT2D eigenvalue weighted by Crippen LogP contribution is -2.13. The minimum Gasteiger partial charge on any atom is -0.497 e. The molecule has 2 heterocycles. The van der Waals surface area contributed by atoms with Crippen molar-refractivity contribution in [3.63, 3.8) is 0 Å². The number of alkyl halides is 3. The Morgan fingerprint density at radius 2 is 2.00 bits per heavy atom. The Bertz CT molecular complexity index is 949. The van der Waals surface area contributed by atoms with Crippen LogP contribution in [-0.4, -0.2) is 26.9 Å². The molecule has 1 aliphatic rings. The van der Waals surface area contributed by atoms with Gasteiger partial charge >= 0.3 is 6.18 Å². The summed E-state index contributed by atoms with van der Waals surface area (Å²) in [5.74, 6) is 1.79. The fourth-order valence-corrected chi connectivity index (χ4v) is 2.78. The number of nitrogens with one attached hydrogen (secondary N) is 1. The molecule has 0 unspecified atom stereocenters. The average Bonchev–Trinajstić information content (AvgIpc) is 3.38. The second kappa shape index (κ2) is 6.15. The van der Waals surface area contributed by atoms with Gasteiger partial charge in [-0.2, -0.15) is 17.7 Å². The molecule has 0 saturated heterocycles. The maximum Gasteiger partial charge on any atom is 0.416 e. The molecule has 2 aromatic heterocycles. The highest BCUT2D eigenvalue weighted by molar-refractivity contribution is 5.46. The minimum absolute atomic E-state index is 0.0156. The number of rotatable bonds is 5. The molecule has 136 valence electrons. The van der Waals surface area contributed by atoms with Crippen LogP contribution >= 0.6 is 0 Å². The van der Waals surface area contributed by atoms with E-state index >= 15 is 0 Å². The molecule has 1 aromatic carbocycles. The van der Waals surface area contributed by atoms with Crippen LogP contribution < -0.4 is 10.1 Å². The van der Waals surface area contributed by atoms with Crippen molar-refractivity contribution < 1.29 is 17.9 Å². The van der Waals surface area contributed by atoms with Crippen LogP contribution in [0.5, 0.6) is 5.75 Å². The van der Waals surface area contributed by atoms with Crippen molar-refractivity contribution in [3.8, 4) is 5.75 Å². The summed E-state index contributed by atoms with van der Waals surface area (Å²) in [7, 11) is 1.34. The third kappa shape index (κ3) is 3.16. The molecule has 0 amide bonds. The summed E-state index contributed by atoms with van der Waals surface area (Å²) in [5.41, 5.74) is 0.0117. The molecular weight excluding hydrogens is 347 g/mol. The number of fused-ring (bicyclic) bond motifs is 1. The molecule has 1 aliphatic carbocycles. The fourth-order valence-electron chi connectivity index (χ4n) is 2.78. The molecular formula is C17H16F3N5O. The predicted molar refractivity (Wildman–Crippen MR) is 88.1 cm³/mol. The number of anilines is 1. The first-order valence-corrected chi connectivity index (χ1v) is 8.16. The number of hydrogen-bond acceptors (Lipinski definition) is 5. The second-order valence-corrected chi connectivity index (χ2v) is 6.20. The predicted octanol–water partition coefficient (Wildman–Crippen LogP) is 3.64. The third-order valence-electron chi connectivity index (χ3n) is 4.31. The quantitative estimate of drug-likeness (QED) is 0.750. The standard InChI is InChI=1S/C17H16F3N5O/c1-26-12-5-4-11(13(8-12)17(18,19)20)9-21-14-6-7-15-22-23-16(10-2-3-10)25(15)24-14/h4-8,10H,2-3,9H2,1H3,(H,21,24). The Morgan fingerprint density at radius 1 is 1.19 bits per heavy atom. The first kappa shape index (κ1) is 16.6. The lowest BCUT2D eigenvalue weighted by Gasteiger charge is -2.15. The van der Waals surface area contributed by atoms with E-state index in [0.717, 1.165) is 24.7 Å². The van der Waals surface area contributed by atoms with Gasteiger partial charge in [0.15, 0.2) is 11.5 Å². The third-order valence-corrected chi connectivity index (χ3v) is 4.31. The molecule has 1 saturated carbocycles. The van der Waals surface area contributed by atoms with Gasteiger partial charge in [0.25, 0.3) is 0 Å². The number of methoxy groups -OCH3 is 1. The molecule has 6 nitrogen and oxygen atoms in total. The van der Waals surface area contributed by atoms with Gasteiger partial charge in [-0.05, 0) is 42.7 Å². The summed E-state index contributed by atoms with van der Waals surface area (Å²) in [6.45, 7) is -0.0156. The molecule has 0 atom stereocenters. The van der Waals surface area contributed by atoms with E-state index in [9.17, 15) is 13.2 Å². The molecule has 3 aromatic rings. The summed E-state index contributed by atoms with van der Waals surface area (Å²) >= 11 is 0. The van der Waals surface area contributed by atoms with Gasteiger partial charge in [-0.25, -0.2) is 0 Å². The summed E-state index contributed by atoms with van der Waals surface area (Å²) in [6.07, 6.45) is -2.35. The molecule has 0 spiro atoms. The van der Waals surface area contributed by atoms with Gasteiger partial charge in [0.2, 0.25) is 0 Å². The van der Waals surface area contributed by atoms with Crippen molar-refractivity contribution >= 4 is 11.5 Å². The van der Waals surface area contributed by atoms with Crippen LogP contribution in [0.15, 0.2) is 30.3 Å². The Kier molecular flexibility index (Phi) is 3.93. The highest BCUT2D eigenvalue weighted by atomic mass is 19.4. The van der Waals surface area contributed by atoms with Gasteiger partial charge in [0, 0.05) is 12.5 Å². The molecule has 0 aliphatic heterocycles. The fraction of sp³-hybridized carbons (Fsp3) is 0.353. The monoisotopic (exact) mass is 363 g/mol. The van der Waals surface area contributed by atoms with Crippen LogP contribution in [0, 0.1) is 0 Å². The van der Waals surface area contributed by atoms with E-state index in [1.54, 1.807) is 16.6 Å². The largest absolute Gasteiger partial charge is 0.497 e. The molecule has 4 rings (SSSR count). The van der Waals surface area contributed by atoms with E-state index in [1.807, 2.05) is 0 Å². The number of aromatic nitrogens is 4. The van der Waals surface area contributed by atoms with Gasteiger partial charge in [0.1, 0.15) is 11.6 Å². The number of nitrogens with zero attached hydrogens (tertiary/aromatic N) is 4. The summed E-state index contributed by atoms with van der Waals surface area (Å²) in [4.78, 5) is 0. The van der Waals surface area contributed by atoms with Gasteiger partial charge in [-0.1, -0.05) is 6.07 Å². The highest BCUT2D eigenvalue weighted by Gasteiger charge is 2.34. The van der Waals surface area contributed by atoms with E-state index in [2.05, 4.69) is 20.6 Å². The topological polar surface area (TPSA) is 64.3 Å². The Hall–Kier alpha value is -2.84. The smallest absolute Gasteiger partial charge is 0.416 e. The van der Waals surface area contributed by atoms with Crippen molar-refractivity contribution in [2.45, 2.75) is 31.5 Å².